The van der Waals surface area contributed by atoms with E-state index in [1.807, 2.05) is 0 Å². The zero-order valence-electron chi connectivity index (χ0n) is 11.3. The van der Waals surface area contributed by atoms with Crippen molar-refractivity contribution in [3.05, 3.63) is 11.6 Å². The highest BCUT2D eigenvalue weighted by atomic mass is 79.9. The van der Waals surface area contributed by atoms with Crippen LogP contribution in [0, 0.1) is 10.8 Å². The van der Waals surface area contributed by atoms with Crippen molar-refractivity contribution in [3.63, 3.8) is 0 Å². The number of rotatable bonds is 1. The van der Waals surface area contributed by atoms with Gasteiger partial charge >= 0.3 is 0 Å². The first-order valence-electron chi connectivity index (χ1n) is 7.03. The molecule has 2 nitrogen and oxygen atoms in total. The maximum Gasteiger partial charge on any atom is 0.0945 e. The fourth-order valence-corrected chi connectivity index (χ4v) is 5.63. The van der Waals surface area contributed by atoms with Crippen molar-refractivity contribution in [2.24, 2.45) is 10.8 Å². The Morgan fingerprint density at radius 2 is 2.00 bits per heavy atom. The number of ether oxygens (including phenoxy) is 2. The van der Waals surface area contributed by atoms with Crippen LogP contribution < -0.4 is 0 Å². The molecular weight excluding hydrogens is 292 g/mol. The van der Waals surface area contributed by atoms with Crippen molar-refractivity contribution in [1.82, 2.24) is 0 Å². The maximum absolute atomic E-state index is 6.44. The summed E-state index contributed by atoms with van der Waals surface area (Å²) in [4.78, 5) is 0. The highest BCUT2D eigenvalue weighted by molar-refractivity contribution is 9.09. The lowest BCUT2D eigenvalue weighted by Gasteiger charge is -2.50. The van der Waals surface area contributed by atoms with E-state index in [9.17, 15) is 0 Å². The first-order chi connectivity index (χ1) is 8.44. The SMILES string of the molecule is CC1(C)[C@@H]2CC=C(CBr)[C@]13C[C@@H]1O[C@]1(C)C[C@@H]3O2. The van der Waals surface area contributed by atoms with Gasteiger partial charge in [0, 0.05) is 22.6 Å². The predicted molar refractivity (Wildman–Crippen MR) is 73.9 cm³/mol. The second kappa shape index (κ2) is 3.24. The van der Waals surface area contributed by atoms with Gasteiger partial charge in [0.15, 0.2) is 0 Å². The van der Waals surface area contributed by atoms with Gasteiger partial charge in [-0.3, -0.25) is 0 Å². The van der Waals surface area contributed by atoms with Gasteiger partial charge in [-0.1, -0.05) is 41.4 Å². The molecule has 2 heterocycles. The molecule has 0 aromatic rings. The highest BCUT2D eigenvalue weighted by Crippen LogP contribution is 2.70. The maximum atomic E-state index is 6.44. The van der Waals surface area contributed by atoms with Crippen molar-refractivity contribution in [1.29, 1.82) is 0 Å². The molecule has 2 aliphatic heterocycles. The van der Waals surface area contributed by atoms with E-state index in [1.165, 1.54) is 0 Å². The summed E-state index contributed by atoms with van der Waals surface area (Å²) in [6.45, 7) is 7.05. The van der Waals surface area contributed by atoms with E-state index >= 15 is 0 Å². The van der Waals surface area contributed by atoms with Crippen molar-refractivity contribution in [2.45, 2.75) is 63.9 Å². The number of fused-ring (bicyclic) bond motifs is 2. The average Bonchev–Trinajstić information content (AvgIpc) is 2.93. The van der Waals surface area contributed by atoms with E-state index < -0.39 is 0 Å². The summed E-state index contributed by atoms with van der Waals surface area (Å²) in [5.74, 6) is 0. The van der Waals surface area contributed by atoms with Gasteiger partial charge < -0.3 is 9.47 Å². The fraction of sp³-hybridized carbons (Fsp3) is 0.867. The van der Waals surface area contributed by atoms with Crippen molar-refractivity contribution >= 4 is 15.9 Å². The Balaban J connectivity index is 1.85. The average molecular weight is 313 g/mol. The van der Waals surface area contributed by atoms with Crippen LogP contribution in [0.2, 0.25) is 0 Å². The quantitative estimate of drug-likeness (QED) is 0.420. The number of halogens is 1. The molecule has 3 heteroatoms. The Hall–Kier alpha value is 0.140. The van der Waals surface area contributed by atoms with Crippen LogP contribution in [-0.4, -0.2) is 29.2 Å². The Morgan fingerprint density at radius 3 is 2.72 bits per heavy atom. The summed E-state index contributed by atoms with van der Waals surface area (Å²) >= 11 is 3.70. The lowest BCUT2D eigenvalue weighted by Crippen LogP contribution is -2.51. The van der Waals surface area contributed by atoms with E-state index in [4.69, 9.17) is 9.47 Å². The largest absolute Gasteiger partial charge is 0.373 e. The van der Waals surface area contributed by atoms with E-state index in [1.54, 1.807) is 5.57 Å². The standard InChI is InChI=1S/C15H21BrO2/c1-13(2)10-5-4-9(8-16)15(13)7-11-14(3,18-11)6-12(15)17-10/h4,10-12H,5-8H2,1-3H3/t10-,11-,12-,14+,15-/m0/s1. The second-order valence-corrected chi connectivity index (χ2v) is 7.79. The molecule has 0 aromatic heterocycles. The molecule has 5 atom stereocenters. The number of hydrogen-bond acceptors (Lipinski definition) is 2. The van der Waals surface area contributed by atoms with Crippen LogP contribution in [0.1, 0.15) is 40.0 Å². The van der Waals surface area contributed by atoms with Crippen molar-refractivity contribution < 1.29 is 9.47 Å². The summed E-state index contributed by atoms with van der Waals surface area (Å²) in [6.07, 6.45) is 6.93. The van der Waals surface area contributed by atoms with E-state index in [2.05, 4.69) is 42.8 Å². The summed E-state index contributed by atoms with van der Waals surface area (Å²) in [5.41, 5.74) is 2.12. The first-order valence-corrected chi connectivity index (χ1v) is 8.15. The normalized spacial score (nSPS) is 55.6. The van der Waals surface area contributed by atoms with Gasteiger partial charge in [0.05, 0.1) is 23.9 Å². The molecule has 2 aliphatic carbocycles. The van der Waals surface area contributed by atoms with E-state index in [0.29, 0.717) is 18.3 Å². The third kappa shape index (κ3) is 1.13. The van der Waals surface area contributed by atoms with Gasteiger partial charge in [-0.25, -0.2) is 0 Å². The molecule has 0 radical (unpaired) electrons. The minimum Gasteiger partial charge on any atom is -0.373 e. The zero-order valence-corrected chi connectivity index (χ0v) is 12.9. The van der Waals surface area contributed by atoms with Crippen LogP contribution in [0.4, 0.5) is 0 Å². The summed E-state index contributed by atoms with van der Waals surface area (Å²) < 4.78 is 12.4. The Bertz CT molecular complexity index is 444. The molecule has 1 spiro atoms. The molecule has 1 saturated carbocycles. The topological polar surface area (TPSA) is 21.8 Å². The van der Waals surface area contributed by atoms with Crippen LogP contribution in [0.5, 0.6) is 0 Å². The Labute approximate surface area is 117 Å². The molecule has 0 unspecified atom stereocenters. The molecule has 3 fully saturated rings. The number of epoxide rings is 1. The molecule has 4 aliphatic rings. The molecule has 100 valence electrons. The molecule has 2 saturated heterocycles. The monoisotopic (exact) mass is 312 g/mol. The molecule has 0 amide bonds. The molecule has 0 N–H and O–H groups in total. The lowest BCUT2D eigenvalue weighted by molar-refractivity contribution is 0.00114. The van der Waals surface area contributed by atoms with Gasteiger partial charge in [-0.2, -0.15) is 0 Å². The molecule has 18 heavy (non-hydrogen) atoms. The molecular formula is C15H21BrO2. The number of alkyl halides is 1. The van der Waals surface area contributed by atoms with Crippen LogP contribution in [0.3, 0.4) is 0 Å². The van der Waals surface area contributed by atoms with Gasteiger partial charge in [-0.15, -0.1) is 0 Å². The van der Waals surface area contributed by atoms with Crippen LogP contribution in [0.25, 0.3) is 0 Å². The minimum absolute atomic E-state index is 0.112. The summed E-state index contributed by atoms with van der Waals surface area (Å²) in [5, 5.41) is 0.979. The number of hydrogen-bond donors (Lipinski definition) is 0. The van der Waals surface area contributed by atoms with Gasteiger partial charge in [0.25, 0.3) is 0 Å². The van der Waals surface area contributed by atoms with Crippen LogP contribution in [0.15, 0.2) is 11.6 Å². The zero-order chi connectivity index (χ0) is 12.8. The van der Waals surface area contributed by atoms with Gasteiger partial charge in [-0.05, 0) is 19.8 Å². The highest BCUT2D eigenvalue weighted by Gasteiger charge is 2.73. The van der Waals surface area contributed by atoms with E-state index in [0.717, 1.165) is 24.6 Å². The lowest BCUT2D eigenvalue weighted by atomic mass is 9.51. The van der Waals surface area contributed by atoms with Crippen molar-refractivity contribution in [3.8, 4) is 0 Å². The Morgan fingerprint density at radius 1 is 1.22 bits per heavy atom. The Kier molecular flexibility index (Phi) is 2.14. The minimum atomic E-state index is 0.112. The van der Waals surface area contributed by atoms with Crippen LogP contribution in [-0.2, 0) is 9.47 Å². The third-order valence-corrected chi connectivity index (χ3v) is 6.87. The van der Waals surface area contributed by atoms with Gasteiger partial charge in [0.2, 0.25) is 0 Å². The van der Waals surface area contributed by atoms with E-state index in [-0.39, 0.29) is 16.4 Å². The summed E-state index contributed by atoms with van der Waals surface area (Å²) in [7, 11) is 0. The molecule has 2 bridgehead atoms. The summed E-state index contributed by atoms with van der Waals surface area (Å²) in [6, 6.07) is 0. The fourth-order valence-electron chi connectivity index (χ4n) is 4.90. The molecule has 4 rings (SSSR count). The molecule has 0 aromatic carbocycles. The third-order valence-electron chi connectivity index (χ3n) is 6.26. The first kappa shape index (κ1) is 11.9. The smallest absolute Gasteiger partial charge is 0.0945 e. The van der Waals surface area contributed by atoms with Crippen LogP contribution >= 0.6 is 15.9 Å². The van der Waals surface area contributed by atoms with Gasteiger partial charge in [0.1, 0.15) is 0 Å². The second-order valence-electron chi connectivity index (χ2n) is 7.23. The van der Waals surface area contributed by atoms with Crippen molar-refractivity contribution in [2.75, 3.05) is 5.33 Å². The predicted octanol–water partition coefficient (Wildman–Crippen LogP) is 3.44.